The van der Waals surface area contributed by atoms with Gasteiger partial charge in [-0.05, 0) is 31.2 Å². The number of rotatable bonds is 5. The number of phenols is 1. The van der Waals surface area contributed by atoms with Crippen LogP contribution in [0.5, 0.6) is 5.75 Å². The van der Waals surface area contributed by atoms with Gasteiger partial charge in [0.1, 0.15) is 22.9 Å². The Kier molecular flexibility index (Phi) is 5.47. The molecule has 0 fully saturated rings. The summed E-state index contributed by atoms with van der Waals surface area (Å²) in [4.78, 5) is 23.7. The molecule has 5 nitrogen and oxygen atoms in total. The standard InChI is InChI=1S/C17H16F2N2O3/c1-10-5-6-14(22)11(9-10)16(23)20-7-8-21-17(24)15-12(18)3-2-4-13(15)19/h2-6,9,22H,7-8H2,1H3,(H,20,23)(H,21,24). The third-order valence-electron chi connectivity index (χ3n) is 3.28. The van der Waals surface area contributed by atoms with Crippen LogP contribution in [0.1, 0.15) is 26.3 Å². The van der Waals surface area contributed by atoms with Gasteiger partial charge >= 0.3 is 0 Å². The van der Waals surface area contributed by atoms with Gasteiger partial charge in [0, 0.05) is 13.1 Å². The molecule has 0 radical (unpaired) electrons. The highest BCUT2D eigenvalue weighted by Gasteiger charge is 2.16. The van der Waals surface area contributed by atoms with Crippen molar-refractivity contribution in [2.45, 2.75) is 6.92 Å². The number of aryl methyl sites for hydroxylation is 1. The molecule has 2 aromatic rings. The van der Waals surface area contributed by atoms with Crippen molar-refractivity contribution in [1.82, 2.24) is 10.6 Å². The zero-order valence-corrected chi connectivity index (χ0v) is 12.9. The summed E-state index contributed by atoms with van der Waals surface area (Å²) in [6.45, 7) is 1.79. The first-order valence-corrected chi connectivity index (χ1v) is 7.20. The van der Waals surface area contributed by atoms with Crippen LogP contribution in [0.25, 0.3) is 0 Å². The normalized spacial score (nSPS) is 10.3. The molecular formula is C17H16F2N2O3. The topological polar surface area (TPSA) is 78.4 Å². The second kappa shape index (κ2) is 7.54. The maximum absolute atomic E-state index is 13.4. The molecule has 3 N–H and O–H groups in total. The third kappa shape index (κ3) is 4.07. The van der Waals surface area contributed by atoms with Crippen molar-refractivity contribution in [3.8, 4) is 5.75 Å². The fourth-order valence-corrected chi connectivity index (χ4v) is 2.08. The first-order chi connectivity index (χ1) is 11.4. The molecular weight excluding hydrogens is 318 g/mol. The number of carbonyl (C=O) groups is 2. The third-order valence-corrected chi connectivity index (χ3v) is 3.28. The van der Waals surface area contributed by atoms with Crippen LogP contribution < -0.4 is 10.6 Å². The van der Waals surface area contributed by atoms with Crippen molar-refractivity contribution in [3.63, 3.8) is 0 Å². The lowest BCUT2D eigenvalue weighted by atomic mass is 10.1. The maximum atomic E-state index is 13.4. The molecule has 0 aliphatic carbocycles. The second-order valence-electron chi connectivity index (χ2n) is 5.13. The predicted molar refractivity (Wildman–Crippen MR) is 83.9 cm³/mol. The van der Waals surface area contributed by atoms with E-state index in [9.17, 15) is 23.5 Å². The number of nitrogens with one attached hydrogen (secondary N) is 2. The first kappa shape index (κ1) is 17.4. The van der Waals surface area contributed by atoms with E-state index in [1.807, 2.05) is 0 Å². The van der Waals surface area contributed by atoms with Gasteiger partial charge < -0.3 is 15.7 Å². The van der Waals surface area contributed by atoms with E-state index in [-0.39, 0.29) is 24.4 Å². The smallest absolute Gasteiger partial charge is 0.257 e. The zero-order chi connectivity index (χ0) is 17.7. The minimum Gasteiger partial charge on any atom is -0.507 e. The molecule has 0 saturated carbocycles. The molecule has 7 heteroatoms. The Bertz CT molecular complexity index is 758. The van der Waals surface area contributed by atoms with E-state index >= 15 is 0 Å². The lowest BCUT2D eigenvalue weighted by Gasteiger charge is -2.09. The Hall–Kier alpha value is -2.96. The fraction of sp³-hybridized carbons (Fsp3) is 0.176. The Morgan fingerprint density at radius 2 is 1.58 bits per heavy atom. The first-order valence-electron chi connectivity index (χ1n) is 7.20. The molecule has 0 unspecified atom stereocenters. The fourth-order valence-electron chi connectivity index (χ4n) is 2.08. The molecule has 0 heterocycles. The van der Waals surface area contributed by atoms with Gasteiger partial charge in [-0.3, -0.25) is 9.59 Å². The van der Waals surface area contributed by atoms with E-state index in [0.717, 1.165) is 23.8 Å². The molecule has 0 aliphatic rings. The van der Waals surface area contributed by atoms with Gasteiger partial charge in [0.25, 0.3) is 11.8 Å². The number of aromatic hydroxyl groups is 1. The zero-order valence-electron chi connectivity index (χ0n) is 12.9. The Morgan fingerprint density at radius 3 is 2.21 bits per heavy atom. The molecule has 2 aromatic carbocycles. The second-order valence-corrected chi connectivity index (χ2v) is 5.13. The summed E-state index contributed by atoms with van der Waals surface area (Å²) in [7, 11) is 0. The number of halogens is 2. The molecule has 0 bridgehead atoms. The summed E-state index contributed by atoms with van der Waals surface area (Å²) in [6, 6.07) is 7.73. The minimum atomic E-state index is -0.957. The quantitative estimate of drug-likeness (QED) is 0.733. The van der Waals surface area contributed by atoms with Crippen LogP contribution in [0.4, 0.5) is 8.78 Å². The van der Waals surface area contributed by atoms with Crippen molar-refractivity contribution in [2.24, 2.45) is 0 Å². The van der Waals surface area contributed by atoms with E-state index in [1.165, 1.54) is 12.1 Å². The van der Waals surface area contributed by atoms with Crippen LogP contribution in [-0.2, 0) is 0 Å². The van der Waals surface area contributed by atoms with Crippen LogP contribution >= 0.6 is 0 Å². The highest BCUT2D eigenvalue weighted by Crippen LogP contribution is 2.17. The van der Waals surface area contributed by atoms with E-state index in [4.69, 9.17) is 0 Å². The molecule has 0 saturated heterocycles. The average molecular weight is 334 g/mol. The summed E-state index contributed by atoms with van der Waals surface area (Å²) in [5.41, 5.74) is 0.253. The molecule has 24 heavy (non-hydrogen) atoms. The Labute approximate surface area is 137 Å². The number of hydrogen-bond donors (Lipinski definition) is 3. The number of carbonyl (C=O) groups excluding carboxylic acids is 2. The number of benzene rings is 2. The van der Waals surface area contributed by atoms with Crippen molar-refractivity contribution in [3.05, 3.63) is 64.7 Å². The molecule has 0 aromatic heterocycles. The monoisotopic (exact) mass is 334 g/mol. The van der Waals surface area contributed by atoms with Crippen LogP contribution in [0, 0.1) is 18.6 Å². The SMILES string of the molecule is Cc1ccc(O)c(C(=O)NCCNC(=O)c2c(F)cccc2F)c1. The van der Waals surface area contributed by atoms with Crippen molar-refractivity contribution >= 4 is 11.8 Å². The van der Waals surface area contributed by atoms with E-state index in [0.29, 0.717) is 0 Å². The molecule has 0 atom stereocenters. The van der Waals surface area contributed by atoms with E-state index in [2.05, 4.69) is 10.6 Å². The summed E-state index contributed by atoms with van der Waals surface area (Å²) < 4.78 is 26.9. The molecule has 0 spiro atoms. The maximum Gasteiger partial charge on any atom is 0.257 e. The Morgan fingerprint density at radius 1 is 1.00 bits per heavy atom. The van der Waals surface area contributed by atoms with Crippen molar-refractivity contribution < 1.29 is 23.5 Å². The molecule has 2 amide bonds. The lowest BCUT2D eigenvalue weighted by molar-refractivity contribution is 0.0921. The van der Waals surface area contributed by atoms with Crippen LogP contribution in [0.3, 0.4) is 0 Å². The predicted octanol–water partition coefficient (Wildman–Crippen LogP) is 2.14. The van der Waals surface area contributed by atoms with E-state index in [1.54, 1.807) is 13.0 Å². The summed E-state index contributed by atoms with van der Waals surface area (Å²) >= 11 is 0. The van der Waals surface area contributed by atoms with Gasteiger partial charge in [-0.25, -0.2) is 8.78 Å². The van der Waals surface area contributed by atoms with E-state index < -0.39 is 29.0 Å². The van der Waals surface area contributed by atoms with Crippen LogP contribution in [0.15, 0.2) is 36.4 Å². The van der Waals surface area contributed by atoms with Crippen LogP contribution in [0.2, 0.25) is 0 Å². The average Bonchev–Trinajstić information content (AvgIpc) is 2.53. The highest BCUT2D eigenvalue weighted by molar-refractivity contribution is 5.97. The van der Waals surface area contributed by atoms with Crippen LogP contribution in [-0.4, -0.2) is 30.0 Å². The van der Waals surface area contributed by atoms with Crippen molar-refractivity contribution in [2.75, 3.05) is 13.1 Å². The lowest BCUT2D eigenvalue weighted by Crippen LogP contribution is -2.35. The van der Waals surface area contributed by atoms with Gasteiger partial charge in [0.15, 0.2) is 0 Å². The molecule has 0 aliphatic heterocycles. The highest BCUT2D eigenvalue weighted by atomic mass is 19.1. The minimum absolute atomic E-state index is 0.0229. The number of amides is 2. The largest absolute Gasteiger partial charge is 0.507 e. The van der Waals surface area contributed by atoms with Gasteiger partial charge in [-0.2, -0.15) is 0 Å². The van der Waals surface area contributed by atoms with Crippen molar-refractivity contribution in [1.29, 1.82) is 0 Å². The Balaban J connectivity index is 1.88. The summed E-state index contributed by atoms with van der Waals surface area (Å²) in [5.74, 6) is -3.49. The van der Waals surface area contributed by atoms with Gasteiger partial charge in [-0.15, -0.1) is 0 Å². The van der Waals surface area contributed by atoms with Gasteiger partial charge in [0.2, 0.25) is 0 Å². The summed E-state index contributed by atoms with van der Waals surface area (Å²) in [6.07, 6.45) is 0. The molecule has 126 valence electrons. The summed E-state index contributed by atoms with van der Waals surface area (Å²) in [5, 5.41) is 14.5. The number of phenolic OH excluding ortho intramolecular Hbond substituents is 1. The van der Waals surface area contributed by atoms with Gasteiger partial charge in [-0.1, -0.05) is 17.7 Å². The van der Waals surface area contributed by atoms with Gasteiger partial charge in [0.05, 0.1) is 5.56 Å². The number of hydrogen-bond acceptors (Lipinski definition) is 3. The molecule has 2 rings (SSSR count).